The highest BCUT2D eigenvalue weighted by Crippen LogP contribution is 2.31. The lowest BCUT2D eigenvalue weighted by molar-refractivity contribution is 0.259. The summed E-state index contributed by atoms with van der Waals surface area (Å²) in [6.07, 6.45) is 2.19. The van der Waals surface area contributed by atoms with Gasteiger partial charge in [0.1, 0.15) is 10.8 Å². The molecule has 2 aliphatic heterocycles. The van der Waals surface area contributed by atoms with Gasteiger partial charge in [0.05, 0.1) is 11.4 Å². The van der Waals surface area contributed by atoms with Crippen molar-refractivity contribution in [3.63, 3.8) is 0 Å². The van der Waals surface area contributed by atoms with Crippen molar-refractivity contribution >= 4 is 40.6 Å². The van der Waals surface area contributed by atoms with E-state index >= 15 is 0 Å². The van der Waals surface area contributed by atoms with Gasteiger partial charge in [0, 0.05) is 44.0 Å². The molecule has 0 spiro atoms. The van der Waals surface area contributed by atoms with Gasteiger partial charge in [-0.25, -0.2) is 4.98 Å². The number of aromatic nitrogens is 2. The first-order valence-corrected chi connectivity index (χ1v) is 11.1. The summed E-state index contributed by atoms with van der Waals surface area (Å²) in [7, 11) is 0. The quantitative estimate of drug-likeness (QED) is 0.282. The average Bonchev–Trinajstić information content (AvgIpc) is 3.28. The van der Waals surface area contributed by atoms with Gasteiger partial charge in [-0.15, -0.1) is 0 Å². The van der Waals surface area contributed by atoms with Crippen LogP contribution in [0.5, 0.6) is 0 Å². The molecule has 0 atom stereocenters. The smallest absolute Gasteiger partial charge is 0.188 e. The first-order chi connectivity index (χ1) is 15.6. The van der Waals surface area contributed by atoms with Crippen LogP contribution < -0.4 is 11.1 Å². The Balaban J connectivity index is 1.35. The first kappa shape index (κ1) is 20.3. The molecule has 0 amide bonds. The number of thiocarbonyl (C=S) groups is 1. The van der Waals surface area contributed by atoms with Crippen LogP contribution in [-0.4, -0.2) is 63.4 Å². The van der Waals surface area contributed by atoms with Gasteiger partial charge in [0.15, 0.2) is 5.96 Å². The molecule has 1 aromatic carbocycles. The summed E-state index contributed by atoms with van der Waals surface area (Å²) < 4.78 is 0. The number of piperazine rings is 1. The minimum Gasteiger partial charge on any atom is -0.370 e. The second-order valence-electron chi connectivity index (χ2n) is 7.98. The van der Waals surface area contributed by atoms with E-state index in [1.165, 1.54) is 0 Å². The van der Waals surface area contributed by atoms with Crippen molar-refractivity contribution in [2.24, 2.45) is 5.73 Å². The molecule has 0 radical (unpaired) electrons. The van der Waals surface area contributed by atoms with Crippen molar-refractivity contribution in [2.75, 3.05) is 38.0 Å². The molecular formula is C24H25N7S. The Morgan fingerprint density at radius 3 is 2.50 bits per heavy atom. The number of anilines is 1. The van der Waals surface area contributed by atoms with Crippen LogP contribution in [-0.2, 0) is 0 Å². The van der Waals surface area contributed by atoms with Gasteiger partial charge in [0.2, 0.25) is 0 Å². The molecule has 0 bridgehead atoms. The van der Waals surface area contributed by atoms with Gasteiger partial charge in [0.25, 0.3) is 0 Å². The van der Waals surface area contributed by atoms with Crippen molar-refractivity contribution in [2.45, 2.75) is 0 Å². The summed E-state index contributed by atoms with van der Waals surface area (Å²) in [6, 6.07) is 18.5. The number of nitrogens with two attached hydrogens (primary N) is 1. The number of guanidine groups is 1. The van der Waals surface area contributed by atoms with Crippen LogP contribution in [0.3, 0.4) is 0 Å². The van der Waals surface area contributed by atoms with E-state index in [0.717, 1.165) is 57.7 Å². The van der Waals surface area contributed by atoms with E-state index in [1.54, 1.807) is 0 Å². The molecule has 8 heteroatoms. The lowest BCUT2D eigenvalue weighted by Crippen LogP contribution is -2.52. The van der Waals surface area contributed by atoms with E-state index in [1.807, 2.05) is 41.3 Å². The fourth-order valence-corrected chi connectivity index (χ4v) is 4.43. The fraction of sp³-hybridized carbons (Fsp3) is 0.208. The summed E-state index contributed by atoms with van der Waals surface area (Å²) in [6.45, 7) is 3.57. The molecule has 1 saturated heterocycles. The summed E-state index contributed by atoms with van der Waals surface area (Å²) >= 11 is 5.75. The summed E-state index contributed by atoms with van der Waals surface area (Å²) in [4.78, 5) is 13.1. The largest absolute Gasteiger partial charge is 0.370 e. The predicted molar refractivity (Wildman–Crippen MR) is 134 cm³/mol. The Hall–Kier alpha value is -3.65. The zero-order valence-electron chi connectivity index (χ0n) is 17.6. The summed E-state index contributed by atoms with van der Waals surface area (Å²) in [5, 5.41) is 11.1. The van der Waals surface area contributed by atoms with Crippen LogP contribution in [0.2, 0.25) is 0 Å². The van der Waals surface area contributed by atoms with Crippen LogP contribution in [0.4, 0.5) is 5.82 Å². The minimum atomic E-state index is 0.118. The standard InChI is InChI=1S/C24H25N7S/c25-24(26)31-11-9-30(10-12-31)23(32)20-8-4-7-19(28-20)18-13-17-14-21(29-22(17)27-15-18)16-5-2-1-3-6-16/h1-8,13-14,27,29H,9-12,15H2,(H3,25,26). The minimum absolute atomic E-state index is 0.118. The lowest BCUT2D eigenvalue weighted by atomic mass is 10.0. The van der Waals surface area contributed by atoms with Gasteiger partial charge < -0.3 is 25.8 Å². The predicted octanol–water partition coefficient (Wildman–Crippen LogP) is 3.23. The molecule has 2 aromatic heterocycles. The van der Waals surface area contributed by atoms with Crippen molar-refractivity contribution in [3.8, 4) is 11.3 Å². The highest BCUT2D eigenvalue weighted by Gasteiger charge is 2.22. The van der Waals surface area contributed by atoms with Crippen molar-refractivity contribution < 1.29 is 0 Å². The average molecular weight is 444 g/mol. The third-order valence-corrected chi connectivity index (χ3v) is 6.39. The third-order valence-electron chi connectivity index (χ3n) is 5.92. The van der Waals surface area contributed by atoms with Crippen LogP contribution in [0, 0.1) is 5.41 Å². The van der Waals surface area contributed by atoms with Gasteiger partial charge >= 0.3 is 0 Å². The molecule has 2 aliphatic rings. The van der Waals surface area contributed by atoms with E-state index in [0.29, 0.717) is 19.6 Å². The number of nitrogens with one attached hydrogen (secondary N) is 3. The van der Waals surface area contributed by atoms with Crippen LogP contribution in [0.25, 0.3) is 22.9 Å². The number of hydrogen-bond acceptors (Lipinski definition) is 4. The maximum absolute atomic E-state index is 7.60. The maximum atomic E-state index is 7.60. The molecule has 3 aromatic rings. The molecule has 1 fully saturated rings. The monoisotopic (exact) mass is 443 g/mol. The highest BCUT2D eigenvalue weighted by atomic mass is 32.1. The topological polar surface area (TPSA) is 97.1 Å². The molecule has 4 heterocycles. The van der Waals surface area contributed by atoms with E-state index in [2.05, 4.69) is 39.5 Å². The van der Waals surface area contributed by atoms with E-state index in [9.17, 15) is 0 Å². The summed E-state index contributed by atoms with van der Waals surface area (Å²) in [5.41, 5.74) is 11.8. The van der Waals surface area contributed by atoms with Gasteiger partial charge in [-0.3, -0.25) is 5.41 Å². The molecule has 7 nitrogen and oxygen atoms in total. The molecule has 0 unspecified atom stereocenters. The zero-order valence-corrected chi connectivity index (χ0v) is 18.5. The Bertz CT molecular complexity index is 1190. The van der Waals surface area contributed by atoms with Gasteiger partial charge in [-0.1, -0.05) is 48.6 Å². The number of benzene rings is 1. The van der Waals surface area contributed by atoms with E-state index in [4.69, 9.17) is 28.3 Å². The first-order valence-electron chi connectivity index (χ1n) is 10.7. The molecule has 32 heavy (non-hydrogen) atoms. The van der Waals surface area contributed by atoms with Crippen LogP contribution in [0.15, 0.2) is 54.6 Å². The number of fused-ring (bicyclic) bond motifs is 1. The van der Waals surface area contributed by atoms with E-state index in [-0.39, 0.29) is 5.96 Å². The molecule has 0 saturated carbocycles. The Labute approximate surface area is 192 Å². The number of nitrogens with zero attached hydrogens (tertiary/aromatic N) is 3. The maximum Gasteiger partial charge on any atom is 0.188 e. The van der Waals surface area contributed by atoms with Gasteiger partial charge in [-0.2, -0.15) is 0 Å². The Kier molecular flexibility index (Phi) is 5.36. The molecule has 5 N–H and O–H groups in total. The normalized spacial score (nSPS) is 15.6. The van der Waals surface area contributed by atoms with Crippen LogP contribution in [0.1, 0.15) is 17.0 Å². The Morgan fingerprint density at radius 2 is 1.75 bits per heavy atom. The number of hydrogen-bond donors (Lipinski definition) is 4. The second kappa shape index (κ2) is 8.47. The number of H-pyrrole nitrogens is 1. The molecule has 0 aliphatic carbocycles. The number of rotatable bonds is 3. The van der Waals surface area contributed by atoms with Crippen molar-refractivity contribution in [1.29, 1.82) is 5.41 Å². The summed E-state index contributed by atoms with van der Waals surface area (Å²) in [5.74, 6) is 1.15. The highest BCUT2D eigenvalue weighted by molar-refractivity contribution is 7.80. The lowest BCUT2D eigenvalue weighted by Gasteiger charge is -2.36. The SMILES string of the molecule is N=C(N)N1CCN(C(=S)c2cccc(C3=Cc4cc(-c5ccccc5)[nH]c4NC3)n2)CC1. The number of aromatic amines is 1. The van der Waals surface area contributed by atoms with Crippen LogP contribution >= 0.6 is 12.2 Å². The zero-order chi connectivity index (χ0) is 22.1. The van der Waals surface area contributed by atoms with Gasteiger partial charge in [-0.05, 0) is 35.4 Å². The number of pyridine rings is 1. The fourth-order valence-electron chi connectivity index (χ4n) is 4.14. The molecule has 162 valence electrons. The van der Waals surface area contributed by atoms with Crippen molar-refractivity contribution in [1.82, 2.24) is 19.8 Å². The molecular weight excluding hydrogens is 418 g/mol. The van der Waals surface area contributed by atoms with Crippen molar-refractivity contribution in [3.05, 3.63) is 71.5 Å². The Morgan fingerprint density at radius 1 is 1.00 bits per heavy atom. The molecule has 5 rings (SSSR count). The second-order valence-corrected chi connectivity index (χ2v) is 8.36. The van der Waals surface area contributed by atoms with E-state index < -0.39 is 0 Å². The third kappa shape index (κ3) is 3.97.